The number of thiophene rings is 1. The number of nitrogens with zero attached hydrogens (tertiary/aromatic N) is 1. The second-order valence-electron chi connectivity index (χ2n) is 6.36. The third-order valence-corrected chi connectivity index (χ3v) is 5.14. The van der Waals surface area contributed by atoms with Gasteiger partial charge in [0.05, 0.1) is 17.5 Å². The molecule has 1 N–H and O–H groups in total. The second kappa shape index (κ2) is 9.14. The SMILES string of the molecule is CN(CC(=O)NC(Cc1ccccc1)c1ccccc1)C(=O)c1cccs1. The van der Waals surface area contributed by atoms with Crippen LogP contribution in [0.2, 0.25) is 0 Å². The van der Waals surface area contributed by atoms with Crippen LogP contribution < -0.4 is 5.32 Å². The van der Waals surface area contributed by atoms with Crippen molar-refractivity contribution in [1.82, 2.24) is 10.2 Å². The van der Waals surface area contributed by atoms with Gasteiger partial charge in [0.2, 0.25) is 5.91 Å². The van der Waals surface area contributed by atoms with Gasteiger partial charge in [0.25, 0.3) is 5.91 Å². The normalized spacial score (nSPS) is 11.6. The van der Waals surface area contributed by atoms with E-state index >= 15 is 0 Å². The molecule has 0 spiro atoms. The number of likely N-dealkylation sites (N-methyl/N-ethyl adjacent to an activating group) is 1. The highest BCUT2D eigenvalue weighted by molar-refractivity contribution is 7.12. The number of carbonyl (C=O) groups excluding carboxylic acids is 2. The molecule has 3 rings (SSSR count). The van der Waals surface area contributed by atoms with Crippen molar-refractivity contribution in [2.75, 3.05) is 13.6 Å². The molecule has 0 saturated carbocycles. The molecular weight excluding hydrogens is 356 g/mol. The van der Waals surface area contributed by atoms with Crippen LogP contribution in [0, 0.1) is 0 Å². The van der Waals surface area contributed by atoms with Crippen molar-refractivity contribution >= 4 is 23.2 Å². The fourth-order valence-corrected chi connectivity index (χ4v) is 3.62. The Hall–Kier alpha value is -2.92. The van der Waals surface area contributed by atoms with Crippen molar-refractivity contribution in [2.24, 2.45) is 0 Å². The zero-order valence-corrected chi connectivity index (χ0v) is 16.0. The molecule has 0 aliphatic rings. The standard InChI is InChI=1S/C22H22N2O2S/c1-24(22(26)20-13-8-14-27-20)16-21(25)23-19(18-11-6-3-7-12-18)15-17-9-4-2-5-10-17/h2-14,19H,15-16H2,1H3,(H,23,25). The monoisotopic (exact) mass is 378 g/mol. The maximum Gasteiger partial charge on any atom is 0.264 e. The van der Waals surface area contributed by atoms with Gasteiger partial charge in [0.1, 0.15) is 0 Å². The number of nitrogens with one attached hydrogen (secondary N) is 1. The minimum Gasteiger partial charge on any atom is -0.347 e. The molecule has 4 nitrogen and oxygen atoms in total. The zero-order chi connectivity index (χ0) is 19.1. The van der Waals surface area contributed by atoms with Crippen LogP contribution in [0.4, 0.5) is 0 Å². The summed E-state index contributed by atoms with van der Waals surface area (Å²) >= 11 is 1.38. The predicted molar refractivity (Wildman–Crippen MR) is 109 cm³/mol. The van der Waals surface area contributed by atoms with Gasteiger partial charge in [0.15, 0.2) is 0 Å². The Balaban J connectivity index is 1.68. The molecule has 0 radical (unpaired) electrons. The van der Waals surface area contributed by atoms with Crippen molar-refractivity contribution in [2.45, 2.75) is 12.5 Å². The summed E-state index contributed by atoms with van der Waals surface area (Å²) in [6.45, 7) is 0.0227. The van der Waals surface area contributed by atoms with E-state index in [1.807, 2.05) is 60.0 Å². The summed E-state index contributed by atoms with van der Waals surface area (Å²) < 4.78 is 0. The minimum absolute atomic E-state index is 0.0227. The van der Waals surface area contributed by atoms with E-state index in [2.05, 4.69) is 17.4 Å². The van der Waals surface area contributed by atoms with E-state index in [9.17, 15) is 9.59 Å². The summed E-state index contributed by atoms with van der Waals surface area (Å²) in [4.78, 5) is 27.0. The van der Waals surface area contributed by atoms with Gasteiger partial charge >= 0.3 is 0 Å². The number of amides is 2. The average molecular weight is 378 g/mol. The predicted octanol–water partition coefficient (Wildman–Crippen LogP) is 3.92. The largest absolute Gasteiger partial charge is 0.347 e. The molecule has 1 unspecified atom stereocenters. The number of carbonyl (C=O) groups is 2. The lowest BCUT2D eigenvalue weighted by Gasteiger charge is -2.22. The van der Waals surface area contributed by atoms with Gasteiger partial charge in [-0.05, 0) is 29.0 Å². The molecule has 2 aromatic carbocycles. The molecule has 0 aliphatic heterocycles. The van der Waals surface area contributed by atoms with Gasteiger partial charge in [-0.3, -0.25) is 9.59 Å². The lowest BCUT2D eigenvalue weighted by molar-refractivity contribution is -0.122. The quantitative estimate of drug-likeness (QED) is 0.677. The van der Waals surface area contributed by atoms with Crippen LogP contribution >= 0.6 is 11.3 Å². The number of benzene rings is 2. The Morgan fingerprint density at radius 2 is 1.63 bits per heavy atom. The van der Waals surface area contributed by atoms with Crippen LogP contribution in [-0.4, -0.2) is 30.3 Å². The summed E-state index contributed by atoms with van der Waals surface area (Å²) in [5.41, 5.74) is 2.19. The summed E-state index contributed by atoms with van der Waals surface area (Å²) in [6, 6.07) is 23.4. The van der Waals surface area contributed by atoms with Crippen molar-refractivity contribution in [3.63, 3.8) is 0 Å². The van der Waals surface area contributed by atoms with Crippen LogP contribution in [0.1, 0.15) is 26.8 Å². The Kier molecular flexibility index (Phi) is 6.39. The fourth-order valence-electron chi connectivity index (χ4n) is 2.90. The van der Waals surface area contributed by atoms with E-state index < -0.39 is 0 Å². The molecule has 0 fully saturated rings. The first-order valence-electron chi connectivity index (χ1n) is 8.80. The molecule has 0 saturated heterocycles. The third kappa shape index (κ3) is 5.28. The zero-order valence-electron chi connectivity index (χ0n) is 15.2. The van der Waals surface area contributed by atoms with E-state index in [1.165, 1.54) is 16.2 Å². The van der Waals surface area contributed by atoms with Crippen LogP contribution in [-0.2, 0) is 11.2 Å². The Morgan fingerprint density at radius 1 is 0.963 bits per heavy atom. The van der Waals surface area contributed by atoms with Gasteiger partial charge in [-0.1, -0.05) is 66.7 Å². The molecule has 1 heterocycles. The Morgan fingerprint density at radius 3 is 2.26 bits per heavy atom. The summed E-state index contributed by atoms with van der Waals surface area (Å²) in [6.07, 6.45) is 0.694. The van der Waals surface area contributed by atoms with E-state index in [1.54, 1.807) is 13.1 Å². The molecule has 1 aromatic heterocycles. The molecule has 5 heteroatoms. The first-order valence-corrected chi connectivity index (χ1v) is 9.68. The minimum atomic E-state index is -0.174. The van der Waals surface area contributed by atoms with E-state index in [-0.39, 0.29) is 24.4 Å². The topological polar surface area (TPSA) is 49.4 Å². The summed E-state index contributed by atoms with van der Waals surface area (Å²) in [7, 11) is 1.65. The van der Waals surface area contributed by atoms with Crippen LogP contribution in [0.15, 0.2) is 78.2 Å². The molecule has 27 heavy (non-hydrogen) atoms. The first kappa shape index (κ1) is 18.9. The van der Waals surface area contributed by atoms with Crippen molar-refractivity contribution in [1.29, 1.82) is 0 Å². The van der Waals surface area contributed by atoms with E-state index in [0.29, 0.717) is 11.3 Å². The fraction of sp³-hybridized carbons (Fsp3) is 0.182. The highest BCUT2D eigenvalue weighted by atomic mass is 32.1. The lowest BCUT2D eigenvalue weighted by Crippen LogP contribution is -2.40. The summed E-state index contributed by atoms with van der Waals surface area (Å²) in [5.74, 6) is -0.313. The maximum atomic E-state index is 12.6. The highest BCUT2D eigenvalue weighted by Gasteiger charge is 2.19. The van der Waals surface area contributed by atoms with Crippen LogP contribution in [0.5, 0.6) is 0 Å². The first-order chi connectivity index (χ1) is 13.1. The molecule has 3 aromatic rings. The number of rotatable bonds is 7. The van der Waals surface area contributed by atoms with E-state index in [4.69, 9.17) is 0 Å². The van der Waals surface area contributed by atoms with Crippen LogP contribution in [0.3, 0.4) is 0 Å². The molecule has 0 aliphatic carbocycles. The van der Waals surface area contributed by atoms with Gasteiger partial charge < -0.3 is 10.2 Å². The van der Waals surface area contributed by atoms with Crippen LogP contribution in [0.25, 0.3) is 0 Å². The Labute approximate surface area is 163 Å². The summed E-state index contributed by atoms with van der Waals surface area (Å²) in [5, 5.41) is 4.94. The average Bonchev–Trinajstić information content (AvgIpc) is 3.23. The third-order valence-electron chi connectivity index (χ3n) is 4.28. The highest BCUT2D eigenvalue weighted by Crippen LogP contribution is 2.18. The van der Waals surface area contributed by atoms with Gasteiger partial charge in [-0.25, -0.2) is 0 Å². The number of hydrogen-bond donors (Lipinski definition) is 1. The maximum absolute atomic E-state index is 12.6. The van der Waals surface area contributed by atoms with Crippen molar-refractivity contribution < 1.29 is 9.59 Å². The van der Waals surface area contributed by atoms with Gasteiger partial charge in [-0.15, -0.1) is 11.3 Å². The van der Waals surface area contributed by atoms with Gasteiger partial charge in [0, 0.05) is 7.05 Å². The van der Waals surface area contributed by atoms with Gasteiger partial charge in [-0.2, -0.15) is 0 Å². The molecule has 138 valence electrons. The molecule has 1 atom stereocenters. The van der Waals surface area contributed by atoms with E-state index in [0.717, 1.165) is 11.1 Å². The van der Waals surface area contributed by atoms with Crippen molar-refractivity contribution in [3.05, 3.63) is 94.2 Å². The molecule has 0 bridgehead atoms. The smallest absolute Gasteiger partial charge is 0.264 e. The number of hydrogen-bond acceptors (Lipinski definition) is 3. The molecular formula is C22H22N2O2S. The lowest BCUT2D eigenvalue weighted by atomic mass is 9.99. The van der Waals surface area contributed by atoms with Crippen molar-refractivity contribution in [3.8, 4) is 0 Å². The Bertz CT molecular complexity index is 864. The second-order valence-corrected chi connectivity index (χ2v) is 7.31. The molecule has 2 amide bonds.